The predicted molar refractivity (Wildman–Crippen MR) is 126 cm³/mol. The normalized spacial score (nSPS) is 11.9. The first-order valence-electron chi connectivity index (χ1n) is 12.3. The van der Waals surface area contributed by atoms with Crippen molar-refractivity contribution in [3.63, 3.8) is 0 Å². The average molecular weight is 437 g/mol. The van der Waals surface area contributed by atoms with Crippen LogP contribution < -0.4 is 5.32 Å². The van der Waals surface area contributed by atoms with Gasteiger partial charge in [0.05, 0.1) is 36.3 Å². The van der Waals surface area contributed by atoms with Gasteiger partial charge >= 0.3 is 0 Å². The minimum absolute atomic E-state index is 0.258. The van der Waals surface area contributed by atoms with Gasteiger partial charge in [-0.25, -0.2) is 8.42 Å². The van der Waals surface area contributed by atoms with Gasteiger partial charge in [0.25, 0.3) is 0 Å². The summed E-state index contributed by atoms with van der Waals surface area (Å²) in [5, 5.41) is 3.06. The Morgan fingerprint density at radius 2 is 0.966 bits per heavy atom. The summed E-state index contributed by atoms with van der Waals surface area (Å²) in [6, 6.07) is 0. The highest BCUT2D eigenvalue weighted by atomic mass is 32.2. The number of hydrogen-bond donors (Lipinski definition) is 1. The lowest BCUT2D eigenvalue weighted by atomic mass is 10.1. The summed E-state index contributed by atoms with van der Waals surface area (Å²) in [7, 11) is -4.01. The predicted octanol–water partition coefficient (Wildman–Crippen LogP) is 5.32. The molecule has 0 aliphatic rings. The Labute approximate surface area is 183 Å². The number of rotatable bonds is 19. The lowest BCUT2D eigenvalue weighted by Crippen LogP contribution is -2.50. The molecule has 0 amide bonds. The molecule has 178 valence electrons. The van der Waals surface area contributed by atoms with Crippen molar-refractivity contribution in [1.29, 1.82) is 0 Å². The molecule has 0 unspecified atom stereocenters. The Hall–Kier alpha value is -0.170. The van der Waals surface area contributed by atoms with Crippen molar-refractivity contribution in [2.24, 2.45) is 0 Å². The van der Waals surface area contributed by atoms with Gasteiger partial charge in [-0.05, 0) is 51.6 Å². The van der Waals surface area contributed by atoms with Crippen molar-refractivity contribution in [3.05, 3.63) is 0 Å². The minimum Gasteiger partial charge on any atom is -0.748 e. The molecule has 0 aromatic rings. The van der Waals surface area contributed by atoms with Crippen LogP contribution >= 0.6 is 0 Å². The molecule has 0 aliphatic heterocycles. The van der Waals surface area contributed by atoms with E-state index in [0.717, 1.165) is 19.4 Å². The highest BCUT2D eigenvalue weighted by Gasteiger charge is 2.24. The van der Waals surface area contributed by atoms with E-state index in [1.54, 1.807) is 0 Å². The summed E-state index contributed by atoms with van der Waals surface area (Å²) in [6.45, 7) is 18.6. The standard InChI is InChI=1S/C16H36N.C7H17NO3S/c1-5-9-13-17(14-10-6-2,15-11-7-3)16-12-8-4;1-2-3-5-8-6-4-7-12(9,10)11/h5-16H2,1-4H3;8H,2-7H2,1H3,(H,9,10,11)/q+1;/p-1. The van der Waals surface area contributed by atoms with Crippen molar-refractivity contribution >= 4 is 10.1 Å². The van der Waals surface area contributed by atoms with Crippen molar-refractivity contribution in [2.75, 3.05) is 45.0 Å². The Morgan fingerprint density at radius 3 is 1.28 bits per heavy atom. The summed E-state index contributed by atoms with van der Waals surface area (Å²) in [6.07, 6.45) is 13.7. The molecule has 0 fully saturated rings. The van der Waals surface area contributed by atoms with Crippen LogP contribution in [0.4, 0.5) is 0 Å². The van der Waals surface area contributed by atoms with E-state index in [2.05, 4.69) is 39.9 Å². The maximum absolute atomic E-state index is 10.1. The molecular weight excluding hydrogens is 384 g/mol. The molecule has 5 nitrogen and oxygen atoms in total. The van der Waals surface area contributed by atoms with Crippen LogP contribution in [0.1, 0.15) is 105 Å². The van der Waals surface area contributed by atoms with E-state index in [1.165, 1.54) is 82.0 Å². The van der Waals surface area contributed by atoms with Gasteiger partial charge in [-0.3, -0.25) is 0 Å². The monoisotopic (exact) mass is 436 g/mol. The van der Waals surface area contributed by atoms with Gasteiger partial charge in [0.2, 0.25) is 0 Å². The van der Waals surface area contributed by atoms with Crippen molar-refractivity contribution in [3.8, 4) is 0 Å². The van der Waals surface area contributed by atoms with Crippen LogP contribution in [0.3, 0.4) is 0 Å². The highest BCUT2D eigenvalue weighted by Crippen LogP contribution is 2.16. The van der Waals surface area contributed by atoms with Crippen LogP contribution in [0.25, 0.3) is 0 Å². The maximum Gasteiger partial charge on any atom is 0.0946 e. The zero-order chi connectivity index (χ0) is 22.4. The van der Waals surface area contributed by atoms with Gasteiger partial charge in [0.15, 0.2) is 0 Å². The van der Waals surface area contributed by atoms with Gasteiger partial charge in [-0.1, -0.05) is 66.7 Å². The number of nitrogens with one attached hydrogen (secondary N) is 1. The van der Waals surface area contributed by atoms with Crippen LogP contribution in [0.15, 0.2) is 0 Å². The molecule has 0 aliphatic carbocycles. The number of hydrogen-bond acceptors (Lipinski definition) is 4. The van der Waals surface area contributed by atoms with Gasteiger partial charge in [0.1, 0.15) is 0 Å². The Bertz CT molecular complexity index is 390. The molecule has 0 rings (SSSR count). The Morgan fingerprint density at radius 1 is 0.621 bits per heavy atom. The third-order valence-corrected chi connectivity index (χ3v) is 6.19. The van der Waals surface area contributed by atoms with E-state index in [4.69, 9.17) is 0 Å². The second-order valence-corrected chi connectivity index (χ2v) is 9.89. The van der Waals surface area contributed by atoms with E-state index in [0.29, 0.717) is 13.0 Å². The molecule has 6 heteroatoms. The second-order valence-electron chi connectivity index (χ2n) is 8.37. The topological polar surface area (TPSA) is 69.2 Å². The molecule has 0 atom stereocenters. The van der Waals surface area contributed by atoms with E-state index < -0.39 is 10.1 Å². The fourth-order valence-electron chi connectivity index (χ4n) is 3.45. The van der Waals surface area contributed by atoms with E-state index in [-0.39, 0.29) is 5.75 Å². The third-order valence-electron chi connectivity index (χ3n) is 5.40. The molecule has 0 heterocycles. The second kappa shape index (κ2) is 21.1. The van der Waals surface area contributed by atoms with Gasteiger partial charge < -0.3 is 14.4 Å². The number of quaternary nitrogens is 1. The third kappa shape index (κ3) is 22.3. The van der Waals surface area contributed by atoms with Gasteiger partial charge in [-0.2, -0.15) is 0 Å². The fourth-order valence-corrected chi connectivity index (χ4v) is 3.94. The lowest BCUT2D eigenvalue weighted by molar-refractivity contribution is -0.929. The quantitative estimate of drug-likeness (QED) is 0.169. The summed E-state index contributed by atoms with van der Waals surface area (Å²) in [4.78, 5) is 0. The lowest BCUT2D eigenvalue weighted by Gasteiger charge is -2.39. The fraction of sp³-hybridized carbons (Fsp3) is 1.00. The Balaban J connectivity index is 0. The minimum atomic E-state index is -4.01. The smallest absolute Gasteiger partial charge is 0.0946 e. The molecule has 0 bridgehead atoms. The average Bonchev–Trinajstić information content (AvgIpc) is 2.69. The van der Waals surface area contributed by atoms with E-state index >= 15 is 0 Å². The highest BCUT2D eigenvalue weighted by molar-refractivity contribution is 7.85. The molecule has 0 saturated heterocycles. The zero-order valence-corrected chi connectivity index (χ0v) is 21.1. The SMILES string of the molecule is CCCCNCCCS(=O)(=O)[O-].CCCC[N+](CCCC)(CCCC)CCCC. The molecule has 0 aromatic carbocycles. The number of unbranched alkanes of at least 4 members (excludes halogenated alkanes) is 5. The molecule has 0 aromatic heterocycles. The zero-order valence-electron chi connectivity index (χ0n) is 20.3. The van der Waals surface area contributed by atoms with Crippen LogP contribution in [0.2, 0.25) is 0 Å². The molecule has 29 heavy (non-hydrogen) atoms. The van der Waals surface area contributed by atoms with E-state index in [1.807, 2.05) is 0 Å². The molecule has 0 radical (unpaired) electrons. The largest absolute Gasteiger partial charge is 0.748 e. The van der Waals surface area contributed by atoms with Crippen LogP contribution in [-0.4, -0.2) is 62.5 Å². The first-order chi connectivity index (χ1) is 13.8. The van der Waals surface area contributed by atoms with Crippen LogP contribution in [-0.2, 0) is 10.1 Å². The van der Waals surface area contributed by atoms with Gasteiger partial charge in [-0.15, -0.1) is 0 Å². The molecule has 0 spiro atoms. The van der Waals surface area contributed by atoms with Crippen LogP contribution in [0, 0.1) is 0 Å². The van der Waals surface area contributed by atoms with Crippen molar-refractivity contribution in [2.45, 2.75) is 105 Å². The molecule has 0 saturated carbocycles. The van der Waals surface area contributed by atoms with Crippen LogP contribution in [0.5, 0.6) is 0 Å². The summed E-state index contributed by atoms with van der Waals surface area (Å²) in [5.74, 6) is -0.258. The Kier molecular flexibility index (Phi) is 22.5. The maximum atomic E-state index is 10.1. The number of nitrogens with zero attached hydrogens (tertiary/aromatic N) is 1. The van der Waals surface area contributed by atoms with Crippen molar-refractivity contribution < 1.29 is 17.5 Å². The summed E-state index contributed by atoms with van der Waals surface area (Å²) < 4.78 is 31.8. The summed E-state index contributed by atoms with van der Waals surface area (Å²) in [5.41, 5.74) is 0. The first kappa shape index (κ1) is 31.0. The molecular formula is C23H52N2O3S. The van der Waals surface area contributed by atoms with Gasteiger partial charge in [0, 0.05) is 5.75 Å². The summed E-state index contributed by atoms with van der Waals surface area (Å²) >= 11 is 0. The van der Waals surface area contributed by atoms with Crippen molar-refractivity contribution in [1.82, 2.24) is 5.32 Å². The van der Waals surface area contributed by atoms with E-state index in [9.17, 15) is 13.0 Å². The molecule has 1 N–H and O–H groups in total. The first-order valence-corrected chi connectivity index (χ1v) is 13.9.